The Morgan fingerprint density at radius 3 is 3.12 bits per heavy atom. The molecular weight excluding hydrogens is 448 g/mol. The fourth-order valence-corrected chi connectivity index (χ4v) is 5.45. The zero-order valence-corrected chi connectivity index (χ0v) is 18.0. The molecule has 0 radical (unpaired) electrons. The molecule has 0 saturated carbocycles. The van der Waals surface area contributed by atoms with E-state index >= 15 is 0 Å². The van der Waals surface area contributed by atoms with E-state index in [1.54, 1.807) is 18.5 Å². The van der Waals surface area contributed by atoms with Gasteiger partial charge in [0.15, 0.2) is 17.0 Å². The third-order valence-corrected chi connectivity index (χ3v) is 6.93. The predicted molar refractivity (Wildman–Crippen MR) is 116 cm³/mol. The number of nitrogens with two attached hydrogens (primary N) is 1. The molecule has 2 N–H and O–H groups in total. The lowest BCUT2D eigenvalue weighted by molar-refractivity contribution is -0.158. The lowest BCUT2D eigenvalue weighted by Crippen LogP contribution is -2.58. The van der Waals surface area contributed by atoms with Crippen LogP contribution in [0.1, 0.15) is 12.2 Å². The average Bonchev–Trinajstić information content (AvgIpc) is 3.53. The normalized spacial score (nSPS) is 22.3. The number of nitrogens with zero attached hydrogens (tertiary/aromatic N) is 5. The first-order valence-corrected chi connectivity index (χ1v) is 11.1. The van der Waals surface area contributed by atoms with Gasteiger partial charge in [-0.15, -0.1) is 0 Å². The van der Waals surface area contributed by atoms with Crippen LogP contribution in [0.15, 0.2) is 41.1 Å². The van der Waals surface area contributed by atoms with Gasteiger partial charge >= 0.3 is 6.03 Å². The van der Waals surface area contributed by atoms with Crippen molar-refractivity contribution in [3.8, 4) is 10.9 Å². The van der Waals surface area contributed by atoms with Gasteiger partial charge in [0.05, 0.1) is 24.0 Å². The molecule has 6 rings (SSSR count). The van der Waals surface area contributed by atoms with Crippen molar-refractivity contribution in [2.24, 2.45) is 5.73 Å². The number of piperazine rings is 1. The van der Waals surface area contributed by atoms with E-state index in [-0.39, 0.29) is 6.04 Å². The number of hydrogen-bond acceptors (Lipinski definition) is 10. The third kappa shape index (κ3) is 3.34. The second-order valence-corrected chi connectivity index (χ2v) is 9.04. The van der Waals surface area contributed by atoms with E-state index in [1.807, 2.05) is 18.2 Å². The monoisotopic (exact) mass is 466 g/mol. The van der Waals surface area contributed by atoms with Gasteiger partial charge in [0.1, 0.15) is 11.3 Å². The minimum atomic E-state index is -1.02. The Morgan fingerprint density at radius 1 is 1.39 bits per heavy atom. The Hall–Kier alpha value is -3.77. The number of furan rings is 1. The molecular formula is C21H18N6O5S. The Balaban J connectivity index is 1.20. The highest BCUT2D eigenvalue weighted by atomic mass is 32.1. The average molecular weight is 466 g/mol. The van der Waals surface area contributed by atoms with E-state index in [9.17, 15) is 9.59 Å². The number of rotatable bonds is 6. The minimum Gasteiger partial charge on any atom is -0.458 e. The summed E-state index contributed by atoms with van der Waals surface area (Å²) < 4.78 is 18.1. The van der Waals surface area contributed by atoms with E-state index in [0.717, 1.165) is 4.70 Å². The molecule has 0 aliphatic carbocycles. The number of pyridine rings is 2. The molecule has 168 valence electrons. The molecule has 2 aliphatic heterocycles. The van der Waals surface area contributed by atoms with Crippen molar-refractivity contribution in [2.75, 3.05) is 13.1 Å². The Kier molecular flexibility index (Phi) is 4.45. The SMILES string of the molecule is NC(=O)N1C[C@@H]2C[C@]1(OC=O)CN2Cc1cc2ncc(Oc3nc4ncccc4s3)cc2o1. The molecule has 0 aromatic carbocycles. The van der Waals surface area contributed by atoms with Gasteiger partial charge in [-0.05, 0) is 12.1 Å². The van der Waals surface area contributed by atoms with Gasteiger partial charge in [-0.3, -0.25) is 14.6 Å². The lowest BCUT2D eigenvalue weighted by Gasteiger charge is -2.39. The summed E-state index contributed by atoms with van der Waals surface area (Å²) in [7, 11) is 0. The molecule has 2 aliphatic rings. The molecule has 2 bridgehead atoms. The Morgan fingerprint density at radius 2 is 2.30 bits per heavy atom. The minimum absolute atomic E-state index is 0.0187. The molecule has 2 saturated heterocycles. The van der Waals surface area contributed by atoms with Crippen molar-refractivity contribution < 1.29 is 23.5 Å². The fraction of sp³-hybridized carbons (Fsp3) is 0.286. The highest BCUT2D eigenvalue weighted by molar-refractivity contribution is 7.20. The number of amides is 2. The van der Waals surface area contributed by atoms with Gasteiger partial charge in [-0.25, -0.2) is 14.8 Å². The van der Waals surface area contributed by atoms with E-state index in [2.05, 4.69) is 19.9 Å². The number of ether oxygens (including phenoxy) is 2. The van der Waals surface area contributed by atoms with Crippen LogP contribution >= 0.6 is 11.3 Å². The largest absolute Gasteiger partial charge is 0.458 e. The number of urea groups is 1. The quantitative estimate of drug-likeness (QED) is 0.425. The van der Waals surface area contributed by atoms with Gasteiger partial charge in [0.25, 0.3) is 11.7 Å². The van der Waals surface area contributed by atoms with Crippen LogP contribution < -0.4 is 10.5 Å². The number of thiazole rings is 1. The standard InChI is InChI=1S/C21H18N6O5S/c22-19(29)27-8-12-6-21(27,30-11-28)10-26(12)9-14-4-15-16(31-14)5-13(7-24-15)32-20-25-18-17(33-20)2-1-3-23-18/h1-5,7,11-12H,6,8-10H2,(H2,22,29)/t12-,21-/m0/s1. The zero-order valence-electron chi connectivity index (χ0n) is 17.2. The molecule has 4 aromatic heterocycles. The number of hydrogen-bond donors (Lipinski definition) is 1. The summed E-state index contributed by atoms with van der Waals surface area (Å²) in [6.45, 7) is 1.62. The summed E-state index contributed by atoms with van der Waals surface area (Å²) in [5.41, 5.74) is 6.37. The third-order valence-electron chi connectivity index (χ3n) is 6.04. The zero-order chi connectivity index (χ0) is 22.6. The Bertz CT molecular complexity index is 1360. The molecule has 2 fully saturated rings. The number of fused-ring (bicyclic) bond motifs is 4. The predicted octanol–water partition coefficient (Wildman–Crippen LogP) is 2.46. The lowest BCUT2D eigenvalue weighted by atomic mass is 10.2. The van der Waals surface area contributed by atoms with E-state index in [0.29, 0.717) is 66.0 Å². The molecule has 0 spiro atoms. The second-order valence-electron chi connectivity index (χ2n) is 8.05. The van der Waals surface area contributed by atoms with Crippen molar-refractivity contribution in [2.45, 2.75) is 24.7 Å². The number of primary amides is 1. The summed E-state index contributed by atoms with van der Waals surface area (Å²) in [6.07, 6.45) is 3.83. The smallest absolute Gasteiger partial charge is 0.317 e. The summed E-state index contributed by atoms with van der Waals surface area (Å²) >= 11 is 1.40. The fourth-order valence-electron chi connectivity index (χ4n) is 4.65. The van der Waals surface area contributed by atoms with E-state index in [1.165, 1.54) is 16.2 Å². The molecule has 11 nitrogen and oxygen atoms in total. The number of likely N-dealkylation sites (tertiary alicyclic amines) is 2. The van der Waals surface area contributed by atoms with Crippen molar-refractivity contribution >= 4 is 45.3 Å². The molecule has 4 aromatic rings. The highest BCUT2D eigenvalue weighted by Gasteiger charge is 2.58. The van der Waals surface area contributed by atoms with Crippen LogP contribution in [0.25, 0.3) is 21.4 Å². The maximum Gasteiger partial charge on any atom is 0.317 e. The van der Waals surface area contributed by atoms with Crippen LogP contribution in [0.5, 0.6) is 10.9 Å². The topological polar surface area (TPSA) is 137 Å². The maximum absolute atomic E-state index is 11.8. The van der Waals surface area contributed by atoms with E-state index < -0.39 is 11.8 Å². The van der Waals surface area contributed by atoms with Crippen LogP contribution in [-0.2, 0) is 16.1 Å². The molecule has 12 heteroatoms. The van der Waals surface area contributed by atoms with Crippen molar-refractivity contribution in [3.05, 3.63) is 42.4 Å². The second kappa shape index (κ2) is 7.39. The summed E-state index contributed by atoms with van der Waals surface area (Å²) in [4.78, 5) is 39.4. The van der Waals surface area contributed by atoms with Crippen LogP contribution in [0, 0.1) is 0 Å². The van der Waals surface area contributed by atoms with Gasteiger partial charge < -0.3 is 19.6 Å². The molecule has 2 amide bonds. The van der Waals surface area contributed by atoms with Crippen LogP contribution in [0.2, 0.25) is 0 Å². The Labute approximate surface area is 190 Å². The maximum atomic E-state index is 11.8. The first-order valence-electron chi connectivity index (χ1n) is 10.2. The summed E-state index contributed by atoms with van der Waals surface area (Å²) in [5.74, 6) is 1.22. The summed E-state index contributed by atoms with van der Waals surface area (Å²) in [5, 5.41) is 0.476. The number of aromatic nitrogens is 3. The van der Waals surface area contributed by atoms with Crippen LogP contribution in [0.4, 0.5) is 4.79 Å². The van der Waals surface area contributed by atoms with Gasteiger partial charge in [0.2, 0.25) is 5.72 Å². The summed E-state index contributed by atoms with van der Waals surface area (Å²) in [6, 6.07) is 6.85. The molecule has 0 unspecified atom stereocenters. The number of carbonyl (C=O) groups is 2. The first-order chi connectivity index (χ1) is 16.0. The molecule has 6 heterocycles. The van der Waals surface area contributed by atoms with Crippen molar-refractivity contribution in [1.82, 2.24) is 24.8 Å². The van der Waals surface area contributed by atoms with E-state index in [4.69, 9.17) is 19.6 Å². The molecule has 2 atom stereocenters. The highest BCUT2D eigenvalue weighted by Crippen LogP contribution is 2.41. The van der Waals surface area contributed by atoms with Gasteiger partial charge in [-0.2, -0.15) is 4.98 Å². The molecule has 33 heavy (non-hydrogen) atoms. The van der Waals surface area contributed by atoms with Crippen LogP contribution in [0.3, 0.4) is 0 Å². The van der Waals surface area contributed by atoms with Gasteiger partial charge in [-0.1, -0.05) is 11.3 Å². The van der Waals surface area contributed by atoms with Crippen LogP contribution in [-0.4, -0.2) is 62.1 Å². The van der Waals surface area contributed by atoms with Gasteiger partial charge in [0, 0.05) is 37.3 Å². The number of carbonyl (C=O) groups excluding carboxylic acids is 2. The van der Waals surface area contributed by atoms with Crippen molar-refractivity contribution in [1.29, 1.82) is 0 Å². The van der Waals surface area contributed by atoms with Crippen molar-refractivity contribution in [3.63, 3.8) is 0 Å². The first kappa shape index (κ1) is 19.9.